The van der Waals surface area contributed by atoms with E-state index in [0.29, 0.717) is 19.0 Å². The van der Waals surface area contributed by atoms with Crippen LogP contribution >= 0.6 is 0 Å². The number of hydrogen-bond donors (Lipinski definition) is 0. The Morgan fingerprint density at radius 2 is 2.00 bits per heavy atom. The summed E-state index contributed by atoms with van der Waals surface area (Å²) in [5, 5.41) is 2.29. The van der Waals surface area contributed by atoms with Crippen molar-refractivity contribution in [2.45, 2.75) is 25.9 Å². The van der Waals surface area contributed by atoms with Gasteiger partial charge in [-0.15, -0.1) is 0 Å². The Morgan fingerprint density at radius 3 is 2.83 bits per heavy atom. The van der Waals surface area contributed by atoms with Crippen molar-refractivity contribution in [3.05, 3.63) is 60.2 Å². The fraction of sp³-hybridized carbons (Fsp3) is 0.417. The lowest BCUT2D eigenvalue weighted by atomic mass is 9.97. The van der Waals surface area contributed by atoms with E-state index in [1.807, 2.05) is 37.3 Å². The maximum absolute atomic E-state index is 12.8. The van der Waals surface area contributed by atoms with Crippen LogP contribution in [0, 0.1) is 5.92 Å². The van der Waals surface area contributed by atoms with E-state index >= 15 is 0 Å². The van der Waals surface area contributed by atoms with Gasteiger partial charge < -0.3 is 14.2 Å². The standard InChI is InChI=1S/C24H30N4O2/c1-26(15-19-8-10-28-11-9-25-23(28)13-19)17-24(29)27(2)16-18-4-5-21-14-22(30-3)7-6-20(21)12-18/h4-7,9,11-12,14,19H,8,10,13,15-17H2,1-3H3. The van der Waals surface area contributed by atoms with Gasteiger partial charge >= 0.3 is 0 Å². The van der Waals surface area contributed by atoms with E-state index < -0.39 is 0 Å². The largest absolute Gasteiger partial charge is 0.497 e. The number of nitrogens with zero attached hydrogens (tertiary/aromatic N) is 4. The Labute approximate surface area is 178 Å². The second-order valence-corrected chi connectivity index (χ2v) is 8.39. The van der Waals surface area contributed by atoms with Crippen LogP contribution in [0.1, 0.15) is 17.8 Å². The quantitative estimate of drug-likeness (QED) is 0.605. The maximum Gasteiger partial charge on any atom is 0.236 e. The van der Waals surface area contributed by atoms with Gasteiger partial charge in [0.05, 0.1) is 13.7 Å². The molecule has 0 saturated carbocycles. The van der Waals surface area contributed by atoms with Crippen LogP contribution in [0.15, 0.2) is 48.8 Å². The fourth-order valence-corrected chi connectivity index (χ4v) is 4.29. The van der Waals surface area contributed by atoms with Gasteiger partial charge in [-0.05, 0) is 53.9 Å². The molecule has 1 atom stereocenters. The average molecular weight is 407 g/mol. The van der Waals surface area contributed by atoms with Gasteiger partial charge in [0.2, 0.25) is 5.91 Å². The minimum atomic E-state index is 0.143. The van der Waals surface area contributed by atoms with Crippen LogP contribution in [-0.2, 0) is 24.3 Å². The molecule has 1 amide bonds. The van der Waals surface area contributed by atoms with Crippen LogP contribution in [0.2, 0.25) is 0 Å². The summed E-state index contributed by atoms with van der Waals surface area (Å²) in [7, 11) is 5.60. The summed E-state index contributed by atoms with van der Waals surface area (Å²) in [4.78, 5) is 21.2. The molecule has 0 radical (unpaired) electrons. The van der Waals surface area contributed by atoms with Crippen LogP contribution in [0.5, 0.6) is 5.75 Å². The smallest absolute Gasteiger partial charge is 0.236 e. The molecule has 0 N–H and O–H groups in total. The van der Waals surface area contributed by atoms with E-state index in [1.165, 1.54) is 0 Å². The van der Waals surface area contributed by atoms with Crippen molar-refractivity contribution in [3.8, 4) is 5.75 Å². The minimum Gasteiger partial charge on any atom is -0.497 e. The lowest BCUT2D eigenvalue weighted by Crippen LogP contribution is -2.39. The Morgan fingerprint density at radius 1 is 1.20 bits per heavy atom. The summed E-state index contributed by atoms with van der Waals surface area (Å²) in [6.07, 6.45) is 6.06. The highest BCUT2D eigenvalue weighted by Crippen LogP contribution is 2.23. The number of benzene rings is 2. The summed E-state index contributed by atoms with van der Waals surface area (Å²) in [5.41, 5.74) is 1.13. The molecule has 1 unspecified atom stereocenters. The molecule has 0 bridgehead atoms. The van der Waals surface area contributed by atoms with Gasteiger partial charge in [-0.1, -0.05) is 18.2 Å². The molecule has 0 fully saturated rings. The molecule has 30 heavy (non-hydrogen) atoms. The van der Waals surface area contributed by atoms with Crippen LogP contribution < -0.4 is 4.74 Å². The zero-order valence-electron chi connectivity index (χ0n) is 18.0. The predicted octanol–water partition coefficient (Wildman–Crippen LogP) is 3.20. The Balaban J connectivity index is 1.30. The van der Waals surface area contributed by atoms with Crippen LogP contribution in [0.25, 0.3) is 10.8 Å². The fourth-order valence-electron chi connectivity index (χ4n) is 4.29. The molecular formula is C24H30N4O2. The molecule has 6 heteroatoms. The van der Waals surface area contributed by atoms with Gasteiger partial charge in [0.25, 0.3) is 0 Å². The third-order valence-electron chi connectivity index (χ3n) is 5.98. The van der Waals surface area contributed by atoms with Gasteiger partial charge in [-0.3, -0.25) is 9.69 Å². The molecule has 4 rings (SSSR count). The summed E-state index contributed by atoms with van der Waals surface area (Å²) < 4.78 is 7.52. The molecule has 1 aromatic heterocycles. The van der Waals surface area contributed by atoms with Crippen LogP contribution in [0.4, 0.5) is 0 Å². The first-order chi connectivity index (χ1) is 14.5. The van der Waals surface area contributed by atoms with E-state index in [9.17, 15) is 4.79 Å². The highest BCUT2D eigenvalue weighted by atomic mass is 16.5. The molecule has 6 nitrogen and oxygen atoms in total. The van der Waals surface area contributed by atoms with E-state index in [0.717, 1.165) is 53.8 Å². The lowest BCUT2D eigenvalue weighted by Gasteiger charge is -2.28. The molecule has 3 aromatic rings. The number of amides is 1. The summed E-state index contributed by atoms with van der Waals surface area (Å²) in [6, 6.07) is 12.4. The number of carbonyl (C=O) groups excluding carboxylic acids is 1. The van der Waals surface area contributed by atoms with E-state index in [1.54, 1.807) is 7.11 Å². The second kappa shape index (κ2) is 8.88. The monoisotopic (exact) mass is 406 g/mol. The topological polar surface area (TPSA) is 50.6 Å². The number of ether oxygens (including phenoxy) is 1. The number of imidazole rings is 1. The number of aromatic nitrogens is 2. The SMILES string of the molecule is COc1ccc2cc(CN(C)C(=O)CN(C)CC3CCn4ccnc4C3)ccc2c1. The minimum absolute atomic E-state index is 0.143. The number of aryl methyl sites for hydroxylation is 1. The van der Waals surface area contributed by atoms with Crippen LogP contribution in [0.3, 0.4) is 0 Å². The third-order valence-corrected chi connectivity index (χ3v) is 5.98. The van der Waals surface area contributed by atoms with Gasteiger partial charge in [0, 0.05) is 45.5 Å². The molecule has 158 valence electrons. The van der Waals surface area contributed by atoms with Gasteiger partial charge in [-0.25, -0.2) is 4.98 Å². The summed E-state index contributed by atoms with van der Waals surface area (Å²) in [6.45, 7) is 2.99. The van der Waals surface area contributed by atoms with Gasteiger partial charge in [0.1, 0.15) is 11.6 Å². The zero-order valence-corrected chi connectivity index (χ0v) is 18.0. The van der Waals surface area contributed by atoms with Crippen molar-refractivity contribution in [2.24, 2.45) is 5.92 Å². The molecule has 2 heterocycles. The normalized spacial score (nSPS) is 15.9. The Kier molecular flexibility index (Phi) is 6.04. The molecule has 2 aromatic carbocycles. The highest BCUT2D eigenvalue weighted by Gasteiger charge is 2.22. The molecule has 1 aliphatic heterocycles. The molecule has 0 spiro atoms. The van der Waals surface area contributed by atoms with E-state index in [2.05, 4.69) is 44.9 Å². The first kappa shape index (κ1) is 20.4. The summed E-state index contributed by atoms with van der Waals surface area (Å²) in [5.74, 6) is 2.72. The Hall–Kier alpha value is -2.86. The van der Waals surface area contributed by atoms with E-state index in [4.69, 9.17) is 4.74 Å². The van der Waals surface area contributed by atoms with Crippen molar-refractivity contribution in [1.82, 2.24) is 19.4 Å². The number of methoxy groups -OCH3 is 1. The number of hydrogen-bond acceptors (Lipinski definition) is 4. The average Bonchev–Trinajstić information content (AvgIpc) is 3.21. The van der Waals surface area contributed by atoms with Crippen molar-refractivity contribution in [1.29, 1.82) is 0 Å². The number of likely N-dealkylation sites (N-methyl/N-ethyl adjacent to an activating group) is 2. The first-order valence-corrected chi connectivity index (χ1v) is 10.5. The summed E-state index contributed by atoms with van der Waals surface area (Å²) >= 11 is 0. The van der Waals surface area contributed by atoms with Gasteiger partial charge in [0.15, 0.2) is 0 Å². The van der Waals surface area contributed by atoms with Crippen molar-refractivity contribution in [2.75, 3.05) is 34.3 Å². The number of carbonyl (C=O) groups is 1. The molecule has 1 aliphatic rings. The van der Waals surface area contributed by atoms with Crippen molar-refractivity contribution < 1.29 is 9.53 Å². The number of rotatable bonds is 7. The number of fused-ring (bicyclic) bond motifs is 2. The Bertz CT molecular complexity index is 1030. The highest BCUT2D eigenvalue weighted by molar-refractivity contribution is 5.84. The van der Waals surface area contributed by atoms with Crippen molar-refractivity contribution in [3.63, 3.8) is 0 Å². The predicted molar refractivity (Wildman–Crippen MR) is 119 cm³/mol. The molecule has 0 saturated heterocycles. The third kappa shape index (κ3) is 4.65. The molecule has 0 aliphatic carbocycles. The maximum atomic E-state index is 12.8. The van der Waals surface area contributed by atoms with Crippen LogP contribution in [-0.4, -0.2) is 59.6 Å². The molecular weight excluding hydrogens is 376 g/mol. The van der Waals surface area contributed by atoms with Crippen molar-refractivity contribution >= 4 is 16.7 Å². The zero-order chi connectivity index (χ0) is 21.1. The lowest BCUT2D eigenvalue weighted by molar-refractivity contribution is -0.131. The second-order valence-electron chi connectivity index (χ2n) is 8.39. The van der Waals surface area contributed by atoms with E-state index in [-0.39, 0.29) is 5.91 Å². The first-order valence-electron chi connectivity index (χ1n) is 10.5. The van der Waals surface area contributed by atoms with Gasteiger partial charge in [-0.2, -0.15) is 0 Å².